The van der Waals surface area contributed by atoms with E-state index in [1.807, 2.05) is 0 Å². The lowest BCUT2D eigenvalue weighted by atomic mass is 9.37. The molecule has 2 heteroatoms. The Labute approximate surface area is 303 Å². The molecule has 2 nitrogen and oxygen atoms in total. The highest BCUT2D eigenvalue weighted by Crippen LogP contribution is 2.85. The fourth-order valence-electron chi connectivity index (χ4n) is 13.2. The average Bonchev–Trinajstić information content (AvgIpc) is 3.54. The van der Waals surface area contributed by atoms with E-state index in [2.05, 4.69) is 148 Å². The molecule has 0 aromatic heterocycles. The Morgan fingerprint density at radius 3 is 1.92 bits per heavy atom. The van der Waals surface area contributed by atoms with Crippen LogP contribution < -0.4 is 9.64 Å². The summed E-state index contributed by atoms with van der Waals surface area (Å²) in [6, 6.07) is 43.6. The first-order valence-electron chi connectivity index (χ1n) is 19.7. The molecule has 5 aliphatic carbocycles. The smallest absolute Gasteiger partial charge is 0.133 e. The van der Waals surface area contributed by atoms with Crippen molar-refractivity contribution < 1.29 is 4.74 Å². The van der Waals surface area contributed by atoms with E-state index in [4.69, 9.17) is 4.74 Å². The monoisotopic (exact) mass is 667 g/mol. The Kier molecular flexibility index (Phi) is 6.06. The van der Waals surface area contributed by atoms with Gasteiger partial charge in [-0.15, -0.1) is 0 Å². The normalized spacial score (nSPS) is 30.8. The molecule has 51 heavy (non-hydrogen) atoms. The van der Waals surface area contributed by atoms with Gasteiger partial charge in [-0.3, -0.25) is 0 Å². The summed E-state index contributed by atoms with van der Waals surface area (Å²) in [5, 5.41) is 0. The molecule has 4 atom stereocenters. The second-order valence-electron chi connectivity index (χ2n) is 18.5. The van der Waals surface area contributed by atoms with Gasteiger partial charge < -0.3 is 9.64 Å². The molecule has 0 amide bonds. The van der Waals surface area contributed by atoms with Crippen molar-refractivity contribution >= 4 is 17.1 Å². The predicted octanol–water partition coefficient (Wildman–Crippen LogP) is 13.0. The summed E-state index contributed by atoms with van der Waals surface area (Å²) in [6.07, 6.45) is 9.49. The average molecular weight is 668 g/mol. The van der Waals surface area contributed by atoms with Gasteiger partial charge in [0.1, 0.15) is 11.5 Å². The van der Waals surface area contributed by atoms with Crippen LogP contribution in [0.15, 0.2) is 115 Å². The summed E-state index contributed by atoms with van der Waals surface area (Å²) in [6.45, 7) is 9.77. The molecule has 0 saturated heterocycles. The maximum Gasteiger partial charge on any atom is 0.133 e. The third-order valence-electron chi connectivity index (χ3n) is 15.2. The van der Waals surface area contributed by atoms with Crippen molar-refractivity contribution in [3.8, 4) is 22.6 Å². The van der Waals surface area contributed by atoms with Crippen molar-refractivity contribution in [2.75, 3.05) is 4.90 Å². The first-order chi connectivity index (χ1) is 24.7. The maximum absolute atomic E-state index is 7.01. The highest BCUT2D eigenvalue weighted by Gasteiger charge is 2.79. The molecule has 5 aromatic carbocycles. The van der Waals surface area contributed by atoms with Crippen molar-refractivity contribution in [3.63, 3.8) is 0 Å². The quantitative estimate of drug-likeness (QED) is 0.189. The van der Waals surface area contributed by atoms with Gasteiger partial charge >= 0.3 is 0 Å². The Morgan fingerprint density at radius 2 is 1.18 bits per heavy atom. The molecule has 3 bridgehead atoms. The number of para-hydroxylation sites is 1. The number of benzene rings is 5. The van der Waals surface area contributed by atoms with Gasteiger partial charge in [0.25, 0.3) is 0 Å². The van der Waals surface area contributed by atoms with Crippen LogP contribution in [0.25, 0.3) is 11.1 Å². The van der Waals surface area contributed by atoms with E-state index in [0.29, 0.717) is 17.3 Å². The van der Waals surface area contributed by atoms with Crippen molar-refractivity contribution in [3.05, 3.63) is 138 Å². The van der Waals surface area contributed by atoms with Crippen LogP contribution in [0.2, 0.25) is 0 Å². The van der Waals surface area contributed by atoms with Gasteiger partial charge in [-0.2, -0.15) is 0 Å². The third kappa shape index (κ3) is 3.95. The first-order valence-corrected chi connectivity index (χ1v) is 19.7. The van der Waals surface area contributed by atoms with Gasteiger partial charge in [-0.05, 0) is 150 Å². The van der Waals surface area contributed by atoms with Gasteiger partial charge in [0.2, 0.25) is 0 Å². The molecule has 11 rings (SSSR count). The lowest BCUT2D eigenvalue weighted by molar-refractivity contribution is -0.0878. The second-order valence-corrected chi connectivity index (χ2v) is 18.5. The summed E-state index contributed by atoms with van der Waals surface area (Å²) >= 11 is 0. The lowest BCUT2D eigenvalue weighted by Gasteiger charge is -2.67. The fourth-order valence-corrected chi connectivity index (χ4v) is 13.2. The van der Waals surface area contributed by atoms with Crippen molar-refractivity contribution in [2.24, 2.45) is 29.1 Å². The number of hydrogen-bond donors (Lipinski definition) is 0. The molecule has 4 fully saturated rings. The standard InChI is InChI=1S/C49H49NO/c1-46(2)23-24-47(3,4)39-28-36(21-22-37(39)46)50(35-19-17-34(18-20-35)33-11-6-5-7-12-33)40-14-10-16-42-45(40)49(38-13-8-9-15-41(38)51-42)43-26-31-25-32-27-44(49)48(43,29-31)30-32/h5-22,28,31-32,43-44H,23-27,29-30H2,1-4H3. The molecule has 1 heterocycles. The zero-order valence-electron chi connectivity index (χ0n) is 30.6. The zero-order valence-corrected chi connectivity index (χ0v) is 30.6. The van der Waals surface area contributed by atoms with Crippen LogP contribution in [0.5, 0.6) is 11.5 Å². The molecule has 4 unspecified atom stereocenters. The lowest BCUT2D eigenvalue weighted by Crippen LogP contribution is -2.64. The molecule has 4 saturated carbocycles. The van der Waals surface area contributed by atoms with Crippen molar-refractivity contribution in [1.29, 1.82) is 0 Å². The van der Waals surface area contributed by atoms with Gasteiger partial charge in [0.15, 0.2) is 0 Å². The highest BCUT2D eigenvalue weighted by atomic mass is 16.5. The van der Waals surface area contributed by atoms with E-state index >= 15 is 0 Å². The summed E-state index contributed by atoms with van der Waals surface area (Å²) in [7, 11) is 0. The van der Waals surface area contributed by atoms with E-state index in [1.54, 1.807) is 0 Å². The maximum atomic E-state index is 7.01. The van der Waals surface area contributed by atoms with E-state index in [1.165, 1.54) is 95.4 Å². The zero-order chi connectivity index (χ0) is 34.3. The van der Waals surface area contributed by atoms with Crippen LogP contribution in [0.1, 0.15) is 94.9 Å². The molecule has 256 valence electrons. The van der Waals surface area contributed by atoms with Crippen LogP contribution in [-0.4, -0.2) is 0 Å². The molecular formula is C49H49NO. The first kappa shape index (κ1) is 30.3. The Bertz CT molecular complexity index is 2190. The van der Waals surface area contributed by atoms with Crippen LogP contribution in [0.4, 0.5) is 17.1 Å². The van der Waals surface area contributed by atoms with Gasteiger partial charge in [-0.1, -0.05) is 100 Å². The summed E-state index contributed by atoms with van der Waals surface area (Å²) in [5.41, 5.74) is 12.9. The number of anilines is 3. The highest BCUT2D eigenvalue weighted by molar-refractivity contribution is 5.85. The van der Waals surface area contributed by atoms with Crippen LogP contribution >= 0.6 is 0 Å². The minimum atomic E-state index is -0.0254. The molecule has 1 aliphatic heterocycles. The molecular weight excluding hydrogens is 619 g/mol. The number of nitrogens with zero attached hydrogens (tertiary/aromatic N) is 1. The van der Waals surface area contributed by atoms with Crippen molar-refractivity contribution in [1.82, 2.24) is 0 Å². The van der Waals surface area contributed by atoms with E-state index in [9.17, 15) is 0 Å². The Balaban J connectivity index is 1.16. The van der Waals surface area contributed by atoms with Gasteiger partial charge in [-0.25, -0.2) is 0 Å². The number of rotatable bonds is 4. The minimum absolute atomic E-state index is 0.0254. The number of ether oxygens (including phenoxy) is 1. The number of hydrogen-bond acceptors (Lipinski definition) is 2. The van der Waals surface area contributed by atoms with Gasteiger partial charge in [0.05, 0.1) is 5.69 Å². The Hall–Kier alpha value is -4.30. The van der Waals surface area contributed by atoms with Crippen molar-refractivity contribution in [2.45, 2.75) is 88.9 Å². The summed E-state index contributed by atoms with van der Waals surface area (Å²) in [5.74, 6) is 5.26. The fraction of sp³-hybridized carbons (Fsp3) is 0.388. The summed E-state index contributed by atoms with van der Waals surface area (Å²) in [4.78, 5) is 2.61. The SMILES string of the molecule is CC1(C)CCC(C)(C)c2cc(N(c3ccc(-c4ccccc4)cc3)c3cccc4c3C3(c5ccccc5O4)C4CC5CC6CC3C4(C5)C6)ccc21. The Morgan fingerprint density at radius 1 is 0.549 bits per heavy atom. The van der Waals surface area contributed by atoms with Crippen LogP contribution in [-0.2, 0) is 16.2 Å². The van der Waals surface area contributed by atoms with E-state index in [0.717, 1.165) is 23.3 Å². The van der Waals surface area contributed by atoms with E-state index < -0.39 is 0 Å². The minimum Gasteiger partial charge on any atom is -0.457 e. The molecule has 6 aliphatic rings. The van der Waals surface area contributed by atoms with Gasteiger partial charge in [0, 0.05) is 27.9 Å². The topological polar surface area (TPSA) is 12.5 Å². The molecule has 0 radical (unpaired) electrons. The van der Waals surface area contributed by atoms with E-state index in [-0.39, 0.29) is 16.2 Å². The number of fused-ring (bicyclic) bond motifs is 9. The molecule has 2 spiro atoms. The molecule has 0 N–H and O–H groups in total. The predicted molar refractivity (Wildman–Crippen MR) is 209 cm³/mol. The van der Waals surface area contributed by atoms with Crippen LogP contribution in [0.3, 0.4) is 0 Å². The third-order valence-corrected chi connectivity index (χ3v) is 15.2. The largest absolute Gasteiger partial charge is 0.457 e. The molecule has 5 aromatic rings. The summed E-state index contributed by atoms with van der Waals surface area (Å²) < 4.78 is 7.01. The van der Waals surface area contributed by atoms with Crippen LogP contribution in [0, 0.1) is 29.1 Å². The second kappa shape index (κ2) is 10.2.